The van der Waals surface area contributed by atoms with Gasteiger partial charge in [0.05, 0.1) is 6.04 Å². The van der Waals surface area contributed by atoms with Crippen molar-refractivity contribution in [2.45, 2.75) is 26.3 Å². The Morgan fingerprint density at radius 3 is 2.72 bits per heavy atom. The van der Waals surface area contributed by atoms with Crippen LogP contribution in [0.2, 0.25) is 0 Å². The number of amides is 3. The van der Waals surface area contributed by atoms with Crippen LogP contribution in [0.25, 0.3) is 0 Å². The predicted molar refractivity (Wildman–Crippen MR) is 140 cm³/mol. The molecule has 0 spiro atoms. The SMILES string of the molecule is CCNC(=O)N1CCC(N=C(N)c2c(Oc3ccc(C(=O)Nc4ncc(C)s4)cc3)ccnc2N)C1. The number of aryl methyl sites for hydroxylation is 1. The first kappa shape index (κ1) is 24.9. The number of benzene rings is 1. The number of nitrogens with zero attached hydrogens (tertiary/aromatic N) is 4. The standard InChI is InChI=1S/C24H28N8O3S/c1-3-27-24(34)32-11-9-16(13-32)30-21(26)19-18(8-10-28-20(19)25)35-17-6-4-15(5-7-17)22(33)31-23-29-12-14(2)36-23/h4-8,10,12,16H,3,9,11,13H2,1-2H3,(H2,25,28)(H2,26,30)(H,27,34)(H,29,31,33). The Morgan fingerprint density at radius 1 is 1.25 bits per heavy atom. The van der Waals surface area contributed by atoms with E-state index in [1.54, 1.807) is 41.4 Å². The van der Waals surface area contributed by atoms with Gasteiger partial charge in [0, 0.05) is 48.5 Å². The number of aromatic nitrogens is 2. The fraction of sp³-hybridized carbons (Fsp3) is 0.292. The van der Waals surface area contributed by atoms with E-state index in [1.807, 2.05) is 13.8 Å². The second-order valence-electron chi connectivity index (χ2n) is 8.16. The van der Waals surface area contributed by atoms with Crippen LogP contribution < -0.4 is 26.8 Å². The molecule has 188 valence electrons. The van der Waals surface area contributed by atoms with Gasteiger partial charge in [-0.15, -0.1) is 11.3 Å². The zero-order valence-corrected chi connectivity index (χ0v) is 20.8. The Labute approximate surface area is 212 Å². The molecule has 1 atom stereocenters. The summed E-state index contributed by atoms with van der Waals surface area (Å²) in [4.78, 5) is 40.1. The molecule has 0 aliphatic carbocycles. The summed E-state index contributed by atoms with van der Waals surface area (Å²) in [6, 6.07) is 8.04. The molecule has 0 bridgehead atoms. The van der Waals surface area contributed by atoms with E-state index in [0.717, 1.165) is 4.88 Å². The van der Waals surface area contributed by atoms with E-state index in [1.165, 1.54) is 17.5 Å². The van der Waals surface area contributed by atoms with Gasteiger partial charge < -0.3 is 26.4 Å². The molecule has 11 nitrogen and oxygen atoms in total. The van der Waals surface area contributed by atoms with Gasteiger partial charge in [-0.25, -0.2) is 14.8 Å². The topological polar surface area (TPSA) is 161 Å². The lowest BCUT2D eigenvalue weighted by atomic mass is 10.2. The first-order valence-electron chi connectivity index (χ1n) is 11.5. The third-order valence-electron chi connectivity index (χ3n) is 5.48. The van der Waals surface area contributed by atoms with Gasteiger partial charge in [-0.3, -0.25) is 15.1 Å². The van der Waals surface area contributed by atoms with E-state index in [-0.39, 0.29) is 29.6 Å². The highest BCUT2D eigenvalue weighted by molar-refractivity contribution is 7.15. The number of aliphatic imine (C=N–C) groups is 1. The van der Waals surface area contributed by atoms with Crippen LogP contribution in [0.4, 0.5) is 15.7 Å². The van der Waals surface area contributed by atoms with Crippen molar-refractivity contribution in [2.24, 2.45) is 10.7 Å². The summed E-state index contributed by atoms with van der Waals surface area (Å²) < 4.78 is 6.03. The van der Waals surface area contributed by atoms with Crippen LogP contribution in [0.5, 0.6) is 11.5 Å². The number of nitrogen functional groups attached to an aromatic ring is 1. The van der Waals surface area contributed by atoms with Gasteiger partial charge in [-0.05, 0) is 44.5 Å². The average molecular weight is 509 g/mol. The highest BCUT2D eigenvalue weighted by Gasteiger charge is 2.26. The van der Waals surface area contributed by atoms with E-state index in [9.17, 15) is 9.59 Å². The number of hydrogen-bond donors (Lipinski definition) is 4. The zero-order chi connectivity index (χ0) is 25.7. The molecule has 1 unspecified atom stereocenters. The first-order chi connectivity index (χ1) is 17.3. The Balaban J connectivity index is 1.46. The number of nitrogens with two attached hydrogens (primary N) is 2. The van der Waals surface area contributed by atoms with Crippen molar-refractivity contribution < 1.29 is 14.3 Å². The normalized spacial score (nSPS) is 15.6. The van der Waals surface area contributed by atoms with Gasteiger partial charge in [0.15, 0.2) is 5.13 Å². The van der Waals surface area contributed by atoms with E-state index in [4.69, 9.17) is 16.2 Å². The van der Waals surface area contributed by atoms with Crippen molar-refractivity contribution in [2.75, 3.05) is 30.7 Å². The number of hydrogen-bond acceptors (Lipinski definition) is 8. The highest BCUT2D eigenvalue weighted by Crippen LogP contribution is 2.29. The van der Waals surface area contributed by atoms with E-state index in [2.05, 4.69) is 25.6 Å². The van der Waals surface area contributed by atoms with E-state index < -0.39 is 0 Å². The largest absolute Gasteiger partial charge is 0.456 e. The Morgan fingerprint density at radius 2 is 2.03 bits per heavy atom. The Bertz CT molecular complexity index is 1270. The van der Waals surface area contributed by atoms with Crippen molar-refractivity contribution in [3.05, 3.63) is 58.7 Å². The number of thiazole rings is 1. The smallest absolute Gasteiger partial charge is 0.317 e. The average Bonchev–Trinajstić information content (AvgIpc) is 3.48. The molecule has 1 fully saturated rings. The summed E-state index contributed by atoms with van der Waals surface area (Å²) in [7, 11) is 0. The minimum Gasteiger partial charge on any atom is -0.456 e. The summed E-state index contributed by atoms with van der Waals surface area (Å²) in [5.74, 6) is 0.979. The molecule has 3 heterocycles. The summed E-state index contributed by atoms with van der Waals surface area (Å²) in [6.45, 7) is 5.43. The Hall–Kier alpha value is -4.19. The molecule has 1 saturated heterocycles. The van der Waals surface area contributed by atoms with Crippen LogP contribution in [0.3, 0.4) is 0 Å². The minimum atomic E-state index is -0.264. The number of amidine groups is 1. The fourth-order valence-electron chi connectivity index (χ4n) is 3.74. The van der Waals surface area contributed by atoms with Crippen molar-refractivity contribution in [1.82, 2.24) is 20.2 Å². The van der Waals surface area contributed by atoms with Gasteiger partial charge in [0.25, 0.3) is 5.91 Å². The van der Waals surface area contributed by atoms with Crippen molar-refractivity contribution in [1.29, 1.82) is 0 Å². The lowest BCUT2D eigenvalue weighted by Crippen LogP contribution is -2.38. The molecule has 2 aromatic heterocycles. The quantitative estimate of drug-likeness (QED) is 0.282. The van der Waals surface area contributed by atoms with Gasteiger partial charge >= 0.3 is 6.03 Å². The second kappa shape index (κ2) is 11.0. The first-order valence-corrected chi connectivity index (χ1v) is 12.3. The lowest BCUT2D eigenvalue weighted by molar-refractivity contribution is 0.102. The zero-order valence-electron chi connectivity index (χ0n) is 20.0. The summed E-state index contributed by atoms with van der Waals surface area (Å²) in [6.07, 6.45) is 3.92. The van der Waals surface area contributed by atoms with Crippen LogP contribution in [0.1, 0.15) is 34.1 Å². The molecule has 1 aliphatic heterocycles. The molecule has 4 rings (SSSR count). The number of urea groups is 1. The molecule has 36 heavy (non-hydrogen) atoms. The van der Waals surface area contributed by atoms with E-state index >= 15 is 0 Å². The number of rotatable bonds is 7. The summed E-state index contributed by atoms with van der Waals surface area (Å²) in [5, 5.41) is 6.11. The van der Waals surface area contributed by atoms with Crippen LogP contribution in [-0.4, -0.2) is 58.3 Å². The number of ether oxygens (including phenoxy) is 1. The van der Waals surface area contributed by atoms with Gasteiger partial charge in [-0.2, -0.15) is 0 Å². The van der Waals surface area contributed by atoms with Gasteiger partial charge in [0.2, 0.25) is 0 Å². The maximum atomic E-state index is 12.5. The number of likely N-dealkylation sites (tertiary alicyclic amines) is 1. The second-order valence-corrected chi connectivity index (χ2v) is 9.40. The highest BCUT2D eigenvalue weighted by atomic mass is 32.1. The third-order valence-corrected chi connectivity index (χ3v) is 6.31. The Kier molecular flexibility index (Phi) is 7.64. The number of carbonyl (C=O) groups is 2. The van der Waals surface area contributed by atoms with Crippen LogP contribution in [-0.2, 0) is 0 Å². The molecule has 1 aliphatic rings. The molecule has 0 saturated carbocycles. The molecule has 6 N–H and O–H groups in total. The maximum absolute atomic E-state index is 12.5. The monoisotopic (exact) mass is 508 g/mol. The summed E-state index contributed by atoms with van der Waals surface area (Å²) in [5.41, 5.74) is 13.3. The molecule has 0 radical (unpaired) electrons. The van der Waals surface area contributed by atoms with Crippen LogP contribution in [0, 0.1) is 6.92 Å². The minimum absolute atomic E-state index is 0.113. The number of nitrogens with one attached hydrogen (secondary N) is 2. The number of anilines is 2. The number of pyridine rings is 1. The third kappa shape index (κ3) is 5.89. The lowest BCUT2D eigenvalue weighted by Gasteiger charge is -2.16. The molecular formula is C24H28N8O3S. The van der Waals surface area contributed by atoms with Crippen molar-refractivity contribution in [3.63, 3.8) is 0 Å². The molecule has 3 aromatic rings. The number of carbonyl (C=O) groups excluding carboxylic acids is 2. The van der Waals surface area contributed by atoms with Crippen LogP contribution >= 0.6 is 11.3 Å². The van der Waals surface area contributed by atoms with Crippen molar-refractivity contribution >= 4 is 40.1 Å². The molecule has 3 amide bonds. The molecule has 1 aromatic carbocycles. The maximum Gasteiger partial charge on any atom is 0.317 e. The van der Waals surface area contributed by atoms with E-state index in [0.29, 0.717) is 53.8 Å². The fourth-order valence-corrected chi connectivity index (χ4v) is 4.40. The predicted octanol–water partition coefficient (Wildman–Crippen LogP) is 2.98. The molecular weight excluding hydrogens is 480 g/mol. The van der Waals surface area contributed by atoms with Crippen molar-refractivity contribution in [3.8, 4) is 11.5 Å². The molecule has 12 heteroatoms. The summed E-state index contributed by atoms with van der Waals surface area (Å²) >= 11 is 1.40. The van der Waals surface area contributed by atoms with Crippen LogP contribution in [0.15, 0.2) is 47.7 Å². The van der Waals surface area contributed by atoms with Gasteiger partial charge in [0.1, 0.15) is 28.7 Å². The van der Waals surface area contributed by atoms with Gasteiger partial charge in [-0.1, -0.05) is 0 Å².